The van der Waals surface area contributed by atoms with Crippen LogP contribution in [0.4, 0.5) is 0 Å². The lowest BCUT2D eigenvalue weighted by Gasteiger charge is -2.28. The van der Waals surface area contributed by atoms with Crippen LogP contribution >= 0.6 is 7.82 Å². The van der Waals surface area contributed by atoms with Gasteiger partial charge in [0.15, 0.2) is 6.10 Å². The Labute approximate surface area is 501 Å². The zero-order chi connectivity index (χ0) is 59.8. The van der Waals surface area contributed by atoms with Gasteiger partial charge in [-0.15, -0.1) is 0 Å². The number of rotatable bonds is 55. The summed E-state index contributed by atoms with van der Waals surface area (Å²) in [5, 5.41) is 0. The molecular weight excluding hydrogens is 1040 g/mol. The third-order valence-electron chi connectivity index (χ3n) is 12.4. The molecule has 0 aromatic heterocycles. The number of nitrogens with zero attached hydrogens (tertiary/aromatic N) is 1. The molecule has 0 aromatic carbocycles. The molecule has 9 nitrogen and oxygen atoms in total. The molecule has 0 saturated heterocycles. The first-order valence-electron chi connectivity index (χ1n) is 31.5. The van der Waals surface area contributed by atoms with Gasteiger partial charge in [0.05, 0.1) is 27.7 Å². The highest BCUT2D eigenvalue weighted by Gasteiger charge is 2.21. The number of hydrogen-bond acceptors (Lipinski definition) is 8. The largest absolute Gasteiger partial charge is 0.756 e. The quantitative estimate of drug-likeness (QED) is 0.0195. The summed E-state index contributed by atoms with van der Waals surface area (Å²) < 4.78 is 34.1. The molecule has 0 saturated carbocycles. The van der Waals surface area contributed by atoms with Crippen LogP contribution in [0, 0.1) is 0 Å². The van der Waals surface area contributed by atoms with Crippen LogP contribution in [0.5, 0.6) is 0 Å². The Morgan fingerprint density at radius 1 is 0.378 bits per heavy atom. The molecule has 0 aromatic rings. The first-order chi connectivity index (χ1) is 40.0. The molecule has 10 heteroatoms. The van der Waals surface area contributed by atoms with Crippen molar-refractivity contribution >= 4 is 19.8 Å². The fourth-order valence-corrected chi connectivity index (χ4v) is 8.39. The van der Waals surface area contributed by atoms with Gasteiger partial charge in [-0.25, -0.2) is 0 Å². The molecule has 82 heavy (non-hydrogen) atoms. The normalized spacial score (nSPS) is 14.5. The molecule has 460 valence electrons. The fraction of sp³-hybridized carbons (Fsp3) is 0.556. The van der Waals surface area contributed by atoms with E-state index in [-0.39, 0.29) is 26.1 Å². The molecule has 2 unspecified atom stereocenters. The zero-order valence-electron chi connectivity index (χ0n) is 52.1. The number of unbranched alkanes of at least 4 members (excludes halogenated alkanes) is 11. The molecule has 0 aliphatic rings. The lowest BCUT2D eigenvalue weighted by atomic mass is 10.1. The van der Waals surface area contributed by atoms with Gasteiger partial charge in [-0.2, -0.15) is 0 Å². The zero-order valence-corrected chi connectivity index (χ0v) is 53.0. The Hall–Kier alpha value is -4.89. The highest BCUT2D eigenvalue weighted by atomic mass is 31.2. The maximum atomic E-state index is 12.8. The standard InChI is InChI=1S/C72H114NO8P/c1-6-8-10-12-14-16-18-20-22-24-26-28-30-32-34-36-38-40-42-44-46-48-50-52-54-56-58-60-62-64-71(74)78-68-70(69-80-82(76,77)79-67-66-73(3,4)5)81-72(75)65-63-61-59-57-55-53-51-49-47-45-43-41-39-37-35-33-31-29-27-25-23-21-19-17-15-13-11-9-7-2/h8-11,14-17,20-23,26-29,32-35,38-41,45,47,51,53,57,59,70H,6-7,12-13,18-19,24-25,30-31,36-37,42-44,46,48-50,52,54-56,58,60-69H2,1-5H3/b10-8-,11-9-,16-14-,17-15-,22-20-,23-21-,28-26-,29-27-,34-32-,35-33-,40-38-,41-39-,47-45-,53-51-,59-57-. The number of carbonyl (C=O) groups excluding carboxylic acids is 2. The minimum absolute atomic E-state index is 0.0535. The number of phosphoric ester groups is 1. The van der Waals surface area contributed by atoms with Gasteiger partial charge in [-0.3, -0.25) is 14.2 Å². The van der Waals surface area contributed by atoms with Crippen molar-refractivity contribution in [3.8, 4) is 0 Å². The second kappa shape index (κ2) is 60.7. The number of likely N-dealkylation sites (N-methyl/N-ethyl adjacent to an activating group) is 1. The lowest BCUT2D eigenvalue weighted by molar-refractivity contribution is -0.870. The summed E-state index contributed by atoms with van der Waals surface area (Å²) in [6.45, 7) is 3.91. The monoisotopic (exact) mass is 1150 g/mol. The fourth-order valence-electron chi connectivity index (χ4n) is 7.66. The number of allylic oxidation sites excluding steroid dienone is 30. The Balaban J connectivity index is 4.30. The van der Waals surface area contributed by atoms with Gasteiger partial charge in [-0.05, 0) is 128 Å². The molecule has 0 fully saturated rings. The average Bonchev–Trinajstić information content (AvgIpc) is 3.45. The Kier molecular flexibility index (Phi) is 57.1. The summed E-state index contributed by atoms with van der Waals surface area (Å²) in [6.07, 6.45) is 93.8. The molecule has 0 spiro atoms. The van der Waals surface area contributed by atoms with E-state index in [0.29, 0.717) is 30.3 Å². The summed E-state index contributed by atoms with van der Waals surface area (Å²) in [5.41, 5.74) is 0. The third-order valence-corrected chi connectivity index (χ3v) is 13.4. The average molecular weight is 1150 g/mol. The van der Waals surface area contributed by atoms with Crippen LogP contribution in [-0.2, 0) is 32.7 Å². The lowest BCUT2D eigenvalue weighted by Crippen LogP contribution is -2.37. The maximum absolute atomic E-state index is 12.8. The summed E-state index contributed by atoms with van der Waals surface area (Å²) in [6, 6.07) is 0. The predicted octanol–water partition coefficient (Wildman–Crippen LogP) is 19.7. The van der Waals surface area contributed by atoms with Gasteiger partial charge in [0.25, 0.3) is 7.82 Å². The van der Waals surface area contributed by atoms with Crippen molar-refractivity contribution in [3.05, 3.63) is 182 Å². The van der Waals surface area contributed by atoms with E-state index in [1.807, 2.05) is 27.2 Å². The second-order valence-electron chi connectivity index (χ2n) is 21.3. The Bertz CT molecular complexity index is 2030. The molecular formula is C72H114NO8P. The predicted molar refractivity (Wildman–Crippen MR) is 350 cm³/mol. The van der Waals surface area contributed by atoms with Gasteiger partial charge in [0.2, 0.25) is 0 Å². The van der Waals surface area contributed by atoms with E-state index in [2.05, 4.69) is 190 Å². The van der Waals surface area contributed by atoms with E-state index < -0.39 is 32.5 Å². The SMILES string of the molecule is CC/C=C\C/C=C\C/C=C\C/C=C\C/C=C\C/C=C\C/C=C\C/C=C\C/C=C\CCCC(=O)OC(COC(=O)CCCCCCCCCCCC/C=C\C/C=C\C/C=C\C/C=C\C/C=C\C/C=C\CC)COP(=O)([O-])OCC[N+](C)(C)C. The van der Waals surface area contributed by atoms with Crippen molar-refractivity contribution in [2.45, 2.75) is 213 Å². The van der Waals surface area contributed by atoms with Crippen LogP contribution in [-0.4, -0.2) is 70.0 Å². The van der Waals surface area contributed by atoms with Crippen LogP contribution in [0.1, 0.15) is 206 Å². The van der Waals surface area contributed by atoms with Gasteiger partial charge in [0, 0.05) is 12.8 Å². The van der Waals surface area contributed by atoms with Crippen LogP contribution < -0.4 is 4.89 Å². The molecule has 0 rings (SSSR count). The summed E-state index contributed by atoms with van der Waals surface area (Å²) >= 11 is 0. The van der Waals surface area contributed by atoms with Crippen molar-refractivity contribution in [3.63, 3.8) is 0 Å². The number of esters is 2. The van der Waals surface area contributed by atoms with E-state index in [0.717, 1.165) is 122 Å². The van der Waals surface area contributed by atoms with E-state index in [1.165, 1.54) is 38.5 Å². The smallest absolute Gasteiger partial charge is 0.306 e. The highest BCUT2D eigenvalue weighted by Crippen LogP contribution is 2.38. The molecule has 0 N–H and O–H groups in total. The topological polar surface area (TPSA) is 111 Å². The van der Waals surface area contributed by atoms with Crippen molar-refractivity contribution in [2.24, 2.45) is 0 Å². The molecule has 0 radical (unpaired) electrons. The first kappa shape index (κ1) is 77.1. The second-order valence-corrected chi connectivity index (χ2v) is 22.7. The minimum atomic E-state index is -4.67. The number of ether oxygens (including phenoxy) is 2. The van der Waals surface area contributed by atoms with Crippen molar-refractivity contribution < 1.29 is 42.1 Å². The third kappa shape index (κ3) is 64.3. The minimum Gasteiger partial charge on any atom is -0.756 e. The molecule has 0 aliphatic carbocycles. The van der Waals surface area contributed by atoms with Crippen molar-refractivity contribution in [1.29, 1.82) is 0 Å². The molecule has 0 heterocycles. The molecule has 0 amide bonds. The number of carbonyl (C=O) groups is 2. The van der Waals surface area contributed by atoms with Crippen molar-refractivity contribution in [2.75, 3.05) is 47.5 Å². The number of hydrogen-bond donors (Lipinski definition) is 0. The van der Waals surface area contributed by atoms with Crippen LogP contribution in [0.3, 0.4) is 0 Å². The van der Waals surface area contributed by atoms with Gasteiger partial charge in [-0.1, -0.05) is 247 Å². The summed E-state index contributed by atoms with van der Waals surface area (Å²) in [5.74, 6) is -0.924. The van der Waals surface area contributed by atoms with Crippen LogP contribution in [0.25, 0.3) is 0 Å². The molecule has 2 atom stereocenters. The van der Waals surface area contributed by atoms with Crippen LogP contribution in [0.2, 0.25) is 0 Å². The first-order valence-corrected chi connectivity index (χ1v) is 33.0. The number of quaternary nitrogens is 1. The number of phosphoric acid groups is 1. The van der Waals surface area contributed by atoms with E-state index in [9.17, 15) is 19.0 Å². The van der Waals surface area contributed by atoms with E-state index >= 15 is 0 Å². The van der Waals surface area contributed by atoms with E-state index in [1.54, 1.807) is 0 Å². The molecule has 0 bridgehead atoms. The van der Waals surface area contributed by atoms with E-state index in [4.69, 9.17) is 18.5 Å². The van der Waals surface area contributed by atoms with Gasteiger partial charge < -0.3 is 27.9 Å². The highest BCUT2D eigenvalue weighted by molar-refractivity contribution is 7.45. The molecule has 0 aliphatic heterocycles. The Morgan fingerprint density at radius 2 is 0.671 bits per heavy atom. The van der Waals surface area contributed by atoms with Gasteiger partial charge in [0.1, 0.15) is 19.8 Å². The summed E-state index contributed by atoms with van der Waals surface area (Å²) in [4.78, 5) is 38.0. The van der Waals surface area contributed by atoms with Crippen molar-refractivity contribution in [1.82, 2.24) is 0 Å². The summed E-state index contributed by atoms with van der Waals surface area (Å²) in [7, 11) is 1.10. The maximum Gasteiger partial charge on any atom is 0.306 e. The van der Waals surface area contributed by atoms with Crippen LogP contribution in [0.15, 0.2) is 182 Å². The Morgan fingerprint density at radius 3 is 1.01 bits per heavy atom. The van der Waals surface area contributed by atoms with Gasteiger partial charge >= 0.3 is 11.9 Å².